The Morgan fingerprint density at radius 1 is 0.960 bits per heavy atom. The molecule has 0 aliphatic heterocycles. The van der Waals surface area contributed by atoms with Crippen molar-refractivity contribution in [1.29, 1.82) is 0 Å². The lowest BCUT2D eigenvalue weighted by Crippen LogP contribution is -1.97. The Hall–Kier alpha value is -2.99. The predicted octanol–water partition coefficient (Wildman–Crippen LogP) is 4.91. The lowest BCUT2D eigenvalue weighted by Gasteiger charge is -1.96. The van der Waals surface area contributed by atoms with E-state index in [1.807, 2.05) is 54.9 Å². The average Bonchev–Trinajstić information content (AvgIpc) is 3.29. The summed E-state index contributed by atoms with van der Waals surface area (Å²) in [5.74, 6) is 0.629. The third kappa shape index (κ3) is 2.34. The monoisotopic (exact) mass is 346 g/mol. The molecule has 0 unspecified atom stereocenters. The third-order valence-corrected chi connectivity index (χ3v) is 5.10. The summed E-state index contributed by atoms with van der Waals surface area (Å²) in [6, 6.07) is 15.9. The van der Waals surface area contributed by atoms with Gasteiger partial charge in [-0.15, -0.1) is 0 Å². The zero-order chi connectivity index (χ0) is 17.0. The van der Waals surface area contributed by atoms with Crippen LogP contribution >= 0.6 is 11.3 Å². The zero-order valence-electron chi connectivity index (χ0n) is 13.7. The van der Waals surface area contributed by atoms with Gasteiger partial charge in [0.15, 0.2) is 5.58 Å². The first-order valence-corrected chi connectivity index (χ1v) is 8.79. The van der Waals surface area contributed by atoms with E-state index in [-0.39, 0.29) is 0 Å². The Labute approximate surface area is 147 Å². The zero-order valence-corrected chi connectivity index (χ0v) is 14.5. The molecule has 0 amide bonds. The SMILES string of the molecule is Cc1cc(C)n(-c2nc3ccc(-c4nc5ccccc5o4)cc3s2)n1. The highest BCUT2D eigenvalue weighted by Crippen LogP contribution is 2.31. The number of aryl methyl sites for hydroxylation is 2. The number of oxazole rings is 1. The first-order valence-electron chi connectivity index (χ1n) is 7.97. The van der Waals surface area contributed by atoms with E-state index in [0.717, 1.165) is 43.4 Å². The maximum absolute atomic E-state index is 5.87. The summed E-state index contributed by atoms with van der Waals surface area (Å²) in [5, 5.41) is 5.39. The van der Waals surface area contributed by atoms with Crippen molar-refractivity contribution in [2.45, 2.75) is 13.8 Å². The van der Waals surface area contributed by atoms with Gasteiger partial charge in [-0.1, -0.05) is 23.5 Å². The van der Waals surface area contributed by atoms with Crippen LogP contribution in [0.2, 0.25) is 0 Å². The maximum atomic E-state index is 5.87. The summed E-state index contributed by atoms with van der Waals surface area (Å²) in [4.78, 5) is 9.27. The van der Waals surface area contributed by atoms with Gasteiger partial charge >= 0.3 is 0 Å². The molecule has 3 aromatic heterocycles. The largest absolute Gasteiger partial charge is 0.436 e. The molecule has 25 heavy (non-hydrogen) atoms. The van der Waals surface area contributed by atoms with Gasteiger partial charge in [-0.3, -0.25) is 0 Å². The number of aromatic nitrogens is 4. The smallest absolute Gasteiger partial charge is 0.227 e. The Bertz CT molecular complexity index is 1200. The van der Waals surface area contributed by atoms with Crippen LogP contribution in [0.3, 0.4) is 0 Å². The van der Waals surface area contributed by atoms with Gasteiger partial charge < -0.3 is 4.42 Å². The van der Waals surface area contributed by atoms with Crippen molar-refractivity contribution >= 4 is 32.7 Å². The number of para-hydroxylation sites is 2. The normalized spacial score (nSPS) is 11.6. The minimum absolute atomic E-state index is 0.629. The second-order valence-corrected chi connectivity index (χ2v) is 7.01. The summed E-state index contributed by atoms with van der Waals surface area (Å²) in [5.41, 5.74) is 5.63. The van der Waals surface area contributed by atoms with Crippen LogP contribution in [0.5, 0.6) is 0 Å². The van der Waals surface area contributed by atoms with E-state index in [0.29, 0.717) is 5.89 Å². The predicted molar refractivity (Wildman–Crippen MR) is 99.2 cm³/mol. The van der Waals surface area contributed by atoms with Gasteiger partial charge in [-0.05, 0) is 50.2 Å². The summed E-state index contributed by atoms with van der Waals surface area (Å²) in [6.07, 6.45) is 0. The molecule has 2 aromatic carbocycles. The molecule has 0 bridgehead atoms. The molecule has 0 spiro atoms. The van der Waals surface area contributed by atoms with Crippen molar-refractivity contribution < 1.29 is 4.42 Å². The number of rotatable bonds is 2. The maximum Gasteiger partial charge on any atom is 0.227 e. The molecule has 0 N–H and O–H groups in total. The number of fused-ring (bicyclic) bond motifs is 2. The molecule has 0 saturated heterocycles. The van der Waals surface area contributed by atoms with E-state index in [2.05, 4.69) is 22.2 Å². The molecule has 122 valence electrons. The van der Waals surface area contributed by atoms with E-state index in [1.54, 1.807) is 11.3 Å². The lowest BCUT2D eigenvalue weighted by molar-refractivity contribution is 0.620. The van der Waals surface area contributed by atoms with E-state index in [9.17, 15) is 0 Å². The van der Waals surface area contributed by atoms with Crippen molar-refractivity contribution in [1.82, 2.24) is 19.7 Å². The van der Waals surface area contributed by atoms with E-state index in [4.69, 9.17) is 9.40 Å². The van der Waals surface area contributed by atoms with Crippen LogP contribution in [0.4, 0.5) is 0 Å². The van der Waals surface area contributed by atoms with Crippen LogP contribution in [0.15, 0.2) is 52.9 Å². The van der Waals surface area contributed by atoms with Crippen LogP contribution in [-0.2, 0) is 0 Å². The highest BCUT2D eigenvalue weighted by Gasteiger charge is 2.13. The average molecular weight is 346 g/mol. The van der Waals surface area contributed by atoms with Gasteiger partial charge in [0.2, 0.25) is 11.0 Å². The summed E-state index contributed by atoms with van der Waals surface area (Å²) in [7, 11) is 0. The van der Waals surface area contributed by atoms with Gasteiger partial charge in [0, 0.05) is 11.3 Å². The van der Waals surface area contributed by atoms with Crippen LogP contribution in [-0.4, -0.2) is 19.7 Å². The molecular formula is C19H14N4OS. The molecule has 0 radical (unpaired) electrons. The molecule has 5 aromatic rings. The Morgan fingerprint density at radius 3 is 2.64 bits per heavy atom. The van der Waals surface area contributed by atoms with E-state index in [1.165, 1.54) is 0 Å². The Kier molecular flexibility index (Phi) is 3.02. The minimum Gasteiger partial charge on any atom is -0.436 e. The van der Waals surface area contributed by atoms with Gasteiger partial charge in [0.25, 0.3) is 0 Å². The summed E-state index contributed by atoms with van der Waals surface area (Å²) in [6.45, 7) is 4.03. The molecule has 5 rings (SSSR count). The molecule has 3 heterocycles. The van der Waals surface area contributed by atoms with Crippen LogP contribution < -0.4 is 0 Å². The number of benzene rings is 2. The molecule has 0 aliphatic carbocycles. The first-order chi connectivity index (χ1) is 12.2. The molecule has 6 heteroatoms. The lowest BCUT2D eigenvalue weighted by atomic mass is 10.2. The van der Waals surface area contributed by atoms with Crippen LogP contribution in [0, 0.1) is 13.8 Å². The molecule has 0 aliphatic rings. The highest BCUT2D eigenvalue weighted by molar-refractivity contribution is 7.20. The highest BCUT2D eigenvalue weighted by atomic mass is 32.1. The quantitative estimate of drug-likeness (QED) is 0.456. The number of hydrogen-bond acceptors (Lipinski definition) is 5. The number of hydrogen-bond donors (Lipinski definition) is 0. The fourth-order valence-corrected chi connectivity index (χ4v) is 3.97. The van der Waals surface area contributed by atoms with Gasteiger partial charge in [-0.25, -0.2) is 14.6 Å². The summed E-state index contributed by atoms with van der Waals surface area (Å²) < 4.78 is 8.85. The van der Waals surface area contributed by atoms with Crippen LogP contribution in [0.1, 0.15) is 11.4 Å². The van der Waals surface area contributed by atoms with Gasteiger partial charge in [-0.2, -0.15) is 5.10 Å². The Morgan fingerprint density at radius 2 is 1.84 bits per heavy atom. The summed E-state index contributed by atoms with van der Waals surface area (Å²) >= 11 is 1.61. The van der Waals surface area contributed by atoms with Crippen molar-refractivity contribution in [3.05, 3.63) is 59.9 Å². The topological polar surface area (TPSA) is 56.7 Å². The van der Waals surface area contributed by atoms with Gasteiger partial charge in [0.1, 0.15) is 5.52 Å². The van der Waals surface area contributed by atoms with E-state index >= 15 is 0 Å². The third-order valence-electron chi connectivity index (χ3n) is 4.11. The standard InChI is InChI=1S/C19H14N4OS/c1-11-9-12(2)23(22-11)19-21-15-8-7-13(10-17(15)25-19)18-20-14-5-3-4-6-16(14)24-18/h3-10H,1-2H3. The molecule has 5 nitrogen and oxygen atoms in total. The fraction of sp³-hybridized carbons (Fsp3) is 0.105. The van der Waals surface area contributed by atoms with Crippen molar-refractivity contribution in [3.63, 3.8) is 0 Å². The minimum atomic E-state index is 0.629. The molecule has 0 atom stereocenters. The van der Waals surface area contributed by atoms with Crippen molar-refractivity contribution in [2.75, 3.05) is 0 Å². The number of nitrogens with zero attached hydrogens (tertiary/aromatic N) is 4. The molecule has 0 fully saturated rings. The second kappa shape index (κ2) is 5.26. The molecular weight excluding hydrogens is 332 g/mol. The van der Waals surface area contributed by atoms with Crippen molar-refractivity contribution in [2.24, 2.45) is 0 Å². The number of thiazole rings is 1. The van der Waals surface area contributed by atoms with Crippen molar-refractivity contribution in [3.8, 4) is 16.6 Å². The fourth-order valence-electron chi connectivity index (χ4n) is 2.95. The van der Waals surface area contributed by atoms with E-state index < -0.39 is 0 Å². The molecule has 0 saturated carbocycles. The second-order valence-electron chi connectivity index (χ2n) is 6.00. The van der Waals surface area contributed by atoms with Gasteiger partial charge in [0.05, 0.1) is 15.9 Å². The van der Waals surface area contributed by atoms with Crippen LogP contribution in [0.25, 0.3) is 37.9 Å². The Balaban J connectivity index is 1.63. The first kappa shape index (κ1) is 14.4.